The van der Waals surface area contributed by atoms with Crippen LogP contribution in [0, 0.1) is 16.7 Å². The predicted octanol–water partition coefficient (Wildman–Crippen LogP) is -0.780. The first kappa shape index (κ1) is 10.4. The van der Waals surface area contributed by atoms with Crippen LogP contribution in [0.4, 0.5) is 0 Å². The van der Waals surface area contributed by atoms with Gasteiger partial charge in [0.1, 0.15) is 0 Å². The van der Waals surface area contributed by atoms with Gasteiger partial charge in [-0.25, -0.2) is 0 Å². The standard InChI is InChI=1S/C7H14N2O2/c8-5-7(6-9,1-3-10)2-4-11/h10-11H,1-5,8H2. The number of aliphatic hydroxyl groups is 2. The monoisotopic (exact) mass is 158 g/mol. The fourth-order valence-corrected chi connectivity index (χ4v) is 0.915. The SMILES string of the molecule is N#CC(CN)(CCO)CCO. The number of aliphatic hydroxyl groups excluding tert-OH is 2. The lowest BCUT2D eigenvalue weighted by molar-refractivity contribution is 0.181. The largest absolute Gasteiger partial charge is 0.396 e. The van der Waals surface area contributed by atoms with E-state index < -0.39 is 5.41 Å². The summed E-state index contributed by atoms with van der Waals surface area (Å²) in [7, 11) is 0. The van der Waals surface area contributed by atoms with Crippen LogP contribution < -0.4 is 5.73 Å². The molecule has 11 heavy (non-hydrogen) atoms. The molecule has 0 aromatic carbocycles. The lowest BCUT2D eigenvalue weighted by Crippen LogP contribution is -2.31. The number of hydrogen-bond donors (Lipinski definition) is 3. The molecule has 4 nitrogen and oxygen atoms in total. The normalized spacial score (nSPS) is 11.1. The minimum absolute atomic E-state index is 0.0647. The van der Waals surface area contributed by atoms with Gasteiger partial charge in [0.15, 0.2) is 0 Å². The summed E-state index contributed by atoms with van der Waals surface area (Å²) < 4.78 is 0. The summed E-state index contributed by atoms with van der Waals surface area (Å²) in [5.41, 5.74) is 4.61. The molecule has 0 amide bonds. The van der Waals surface area contributed by atoms with Crippen LogP contribution in [0.1, 0.15) is 12.8 Å². The van der Waals surface area contributed by atoms with Crippen molar-refractivity contribution in [2.45, 2.75) is 12.8 Å². The zero-order valence-corrected chi connectivity index (χ0v) is 6.45. The Bertz CT molecular complexity index is 136. The molecule has 64 valence electrons. The Hall–Kier alpha value is -0.630. The van der Waals surface area contributed by atoms with Crippen LogP contribution in [-0.2, 0) is 0 Å². The third-order valence-electron chi connectivity index (χ3n) is 1.81. The van der Waals surface area contributed by atoms with Gasteiger partial charge in [0, 0.05) is 19.8 Å². The minimum Gasteiger partial charge on any atom is -0.396 e. The van der Waals surface area contributed by atoms with Crippen molar-refractivity contribution in [2.75, 3.05) is 19.8 Å². The fraction of sp³-hybridized carbons (Fsp3) is 0.857. The summed E-state index contributed by atoms with van der Waals surface area (Å²) in [6.45, 7) is 0.0557. The molecule has 0 saturated heterocycles. The molecule has 0 heterocycles. The van der Waals surface area contributed by atoms with E-state index in [4.69, 9.17) is 21.2 Å². The van der Waals surface area contributed by atoms with Gasteiger partial charge in [-0.3, -0.25) is 0 Å². The average Bonchev–Trinajstić information content (AvgIpc) is 2.04. The summed E-state index contributed by atoms with van der Waals surface area (Å²) in [6.07, 6.45) is 0.668. The molecular formula is C7H14N2O2. The maximum atomic E-state index is 8.69. The Labute approximate surface area is 66.2 Å². The van der Waals surface area contributed by atoms with Gasteiger partial charge in [-0.05, 0) is 12.8 Å². The van der Waals surface area contributed by atoms with E-state index in [0.717, 1.165) is 0 Å². The zero-order chi connectivity index (χ0) is 8.74. The molecule has 0 unspecified atom stereocenters. The molecule has 4 N–H and O–H groups in total. The van der Waals surface area contributed by atoms with E-state index in [2.05, 4.69) is 0 Å². The van der Waals surface area contributed by atoms with Gasteiger partial charge >= 0.3 is 0 Å². The fourth-order valence-electron chi connectivity index (χ4n) is 0.915. The molecule has 0 aromatic rings. The third kappa shape index (κ3) is 2.85. The van der Waals surface area contributed by atoms with Gasteiger partial charge in [0.2, 0.25) is 0 Å². The number of hydrogen-bond acceptors (Lipinski definition) is 4. The molecule has 0 spiro atoms. The van der Waals surface area contributed by atoms with E-state index in [1.54, 1.807) is 0 Å². The third-order valence-corrected chi connectivity index (χ3v) is 1.81. The Morgan fingerprint density at radius 3 is 1.91 bits per heavy atom. The summed E-state index contributed by atoms with van der Waals surface area (Å²) in [6, 6.07) is 2.02. The first-order valence-corrected chi connectivity index (χ1v) is 3.57. The molecule has 0 aliphatic carbocycles. The van der Waals surface area contributed by atoms with Crippen molar-refractivity contribution in [1.29, 1.82) is 5.26 Å². The van der Waals surface area contributed by atoms with Crippen molar-refractivity contribution in [3.63, 3.8) is 0 Å². The number of nitrogens with zero attached hydrogens (tertiary/aromatic N) is 1. The lowest BCUT2D eigenvalue weighted by atomic mass is 9.83. The summed E-state index contributed by atoms with van der Waals surface area (Å²) >= 11 is 0. The van der Waals surface area contributed by atoms with Gasteiger partial charge in [0.05, 0.1) is 11.5 Å². The molecule has 0 bridgehead atoms. The summed E-state index contributed by atoms with van der Waals surface area (Å²) in [4.78, 5) is 0. The van der Waals surface area contributed by atoms with Gasteiger partial charge in [-0.1, -0.05) is 0 Å². The van der Waals surface area contributed by atoms with E-state index in [9.17, 15) is 0 Å². The maximum absolute atomic E-state index is 8.69. The first-order valence-electron chi connectivity index (χ1n) is 3.57. The Morgan fingerprint density at radius 1 is 1.27 bits per heavy atom. The highest BCUT2D eigenvalue weighted by Gasteiger charge is 2.26. The van der Waals surface area contributed by atoms with Crippen molar-refractivity contribution in [3.8, 4) is 6.07 Å². The van der Waals surface area contributed by atoms with Crippen molar-refractivity contribution < 1.29 is 10.2 Å². The van der Waals surface area contributed by atoms with Gasteiger partial charge < -0.3 is 15.9 Å². The van der Waals surface area contributed by atoms with Gasteiger partial charge in [0.25, 0.3) is 0 Å². The van der Waals surface area contributed by atoms with Crippen LogP contribution >= 0.6 is 0 Å². The van der Waals surface area contributed by atoms with Crippen molar-refractivity contribution in [2.24, 2.45) is 11.1 Å². The second-order valence-electron chi connectivity index (χ2n) is 2.54. The van der Waals surface area contributed by atoms with Crippen molar-refractivity contribution in [1.82, 2.24) is 0 Å². The van der Waals surface area contributed by atoms with E-state index in [-0.39, 0.29) is 19.8 Å². The van der Waals surface area contributed by atoms with E-state index in [1.807, 2.05) is 6.07 Å². The Morgan fingerprint density at radius 2 is 1.73 bits per heavy atom. The summed E-state index contributed by atoms with van der Waals surface area (Å²) in [5.74, 6) is 0. The number of rotatable bonds is 5. The Balaban J connectivity index is 4.11. The predicted molar refractivity (Wildman–Crippen MR) is 40.5 cm³/mol. The second kappa shape index (κ2) is 5.08. The zero-order valence-electron chi connectivity index (χ0n) is 6.45. The van der Waals surface area contributed by atoms with Crippen LogP contribution in [0.15, 0.2) is 0 Å². The van der Waals surface area contributed by atoms with Crippen LogP contribution in [0.3, 0.4) is 0 Å². The average molecular weight is 158 g/mol. The highest BCUT2D eigenvalue weighted by Crippen LogP contribution is 2.22. The van der Waals surface area contributed by atoms with Crippen LogP contribution in [-0.4, -0.2) is 30.0 Å². The van der Waals surface area contributed by atoms with Crippen LogP contribution in [0.2, 0.25) is 0 Å². The maximum Gasteiger partial charge on any atom is 0.0739 e. The molecule has 0 aliphatic rings. The Kier molecular flexibility index (Phi) is 4.79. The number of nitriles is 1. The van der Waals surface area contributed by atoms with E-state index in [0.29, 0.717) is 12.8 Å². The topological polar surface area (TPSA) is 90.3 Å². The molecule has 0 atom stereocenters. The van der Waals surface area contributed by atoms with Crippen LogP contribution in [0.5, 0.6) is 0 Å². The quantitative estimate of drug-likeness (QED) is 0.489. The lowest BCUT2D eigenvalue weighted by Gasteiger charge is -2.22. The van der Waals surface area contributed by atoms with Gasteiger partial charge in [-0.15, -0.1) is 0 Å². The molecular weight excluding hydrogens is 144 g/mol. The minimum atomic E-state index is -0.733. The van der Waals surface area contributed by atoms with Gasteiger partial charge in [-0.2, -0.15) is 5.26 Å². The molecule has 0 saturated carbocycles. The summed E-state index contributed by atoms with van der Waals surface area (Å²) in [5, 5.41) is 25.9. The molecule has 0 radical (unpaired) electrons. The number of nitrogens with two attached hydrogens (primary N) is 1. The highest BCUT2D eigenvalue weighted by molar-refractivity contribution is 4.99. The molecule has 0 aromatic heterocycles. The smallest absolute Gasteiger partial charge is 0.0739 e. The highest BCUT2D eigenvalue weighted by atomic mass is 16.3. The van der Waals surface area contributed by atoms with Crippen molar-refractivity contribution >= 4 is 0 Å². The van der Waals surface area contributed by atoms with E-state index >= 15 is 0 Å². The van der Waals surface area contributed by atoms with Crippen LogP contribution in [0.25, 0.3) is 0 Å². The van der Waals surface area contributed by atoms with E-state index in [1.165, 1.54) is 0 Å². The molecule has 0 aliphatic heterocycles. The first-order chi connectivity index (χ1) is 5.24. The van der Waals surface area contributed by atoms with Crippen molar-refractivity contribution in [3.05, 3.63) is 0 Å². The molecule has 4 heteroatoms. The second-order valence-corrected chi connectivity index (χ2v) is 2.54. The molecule has 0 fully saturated rings. The molecule has 0 rings (SSSR count).